The number of ether oxygens (including phenoxy) is 1. The molecule has 0 atom stereocenters. The number of hydrogen-bond donors (Lipinski definition) is 0. The molecule has 0 spiro atoms. The zero-order chi connectivity index (χ0) is 14.4. The van der Waals surface area contributed by atoms with Crippen molar-refractivity contribution >= 4 is 57.4 Å². The average molecular weight is 346 g/mol. The number of aromatic nitrogens is 1. The van der Waals surface area contributed by atoms with Gasteiger partial charge in [-0.2, -0.15) is 0 Å². The first-order chi connectivity index (χ1) is 9.51. The van der Waals surface area contributed by atoms with Crippen LogP contribution in [0, 0.1) is 0 Å². The SMILES string of the molecule is COC1=CC(=O)c2sc(-c3cc(Cl)sc3Cl)nc2C1=O. The molecule has 4 nitrogen and oxygen atoms in total. The van der Waals surface area contributed by atoms with E-state index in [0.717, 1.165) is 11.3 Å². The highest BCUT2D eigenvalue weighted by Gasteiger charge is 2.31. The zero-order valence-electron chi connectivity index (χ0n) is 9.90. The van der Waals surface area contributed by atoms with Crippen molar-refractivity contribution in [2.45, 2.75) is 0 Å². The lowest BCUT2D eigenvalue weighted by Crippen LogP contribution is -2.16. The van der Waals surface area contributed by atoms with Gasteiger partial charge in [0.15, 0.2) is 5.76 Å². The summed E-state index contributed by atoms with van der Waals surface area (Å²) in [5, 5.41) is 0.496. The molecule has 0 amide bonds. The minimum atomic E-state index is -0.401. The van der Waals surface area contributed by atoms with Crippen molar-refractivity contribution in [2.75, 3.05) is 7.11 Å². The number of methoxy groups -OCH3 is 1. The predicted molar refractivity (Wildman–Crippen MR) is 79.2 cm³/mol. The van der Waals surface area contributed by atoms with Crippen LogP contribution in [-0.2, 0) is 4.74 Å². The largest absolute Gasteiger partial charge is 0.492 e. The van der Waals surface area contributed by atoms with E-state index < -0.39 is 5.78 Å². The van der Waals surface area contributed by atoms with E-state index in [2.05, 4.69) is 4.98 Å². The Balaban J connectivity index is 2.13. The summed E-state index contributed by atoms with van der Waals surface area (Å²) in [6.07, 6.45) is 1.18. The molecule has 1 aliphatic carbocycles. The minimum Gasteiger partial charge on any atom is -0.492 e. The molecule has 0 radical (unpaired) electrons. The third-order valence-corrected chi connectivity index (χ3v) is 5.25. The van der Waals surface area contributed by atoms with Crippen molar-refractivity contribution < 1.29 is 14.3 Å². The van der Waals surface area contributed by atoms with Gasteiger partial charge in [0.05, 0.1) is 11.4 Å². The van der Waals surface area contributed by atoms with Gasteiger partial charge >= 0.3 is 0 Å². The van der Waals surface area contributed by atoms with Gasteiger partial charge in [-0.3, -0.25) is 9.59 Å². The number of rotatable bonds is 2. The molecule has 2 heterocycles. The quantitative estimate of drug-likeness (QED) is 0.822. The highest BCUT2D eigenvalue weighted by atomic mass is 35.5. The maximum Gasteiger partial charge on any atom is 0.247 e. The van der Waals surface area contributed by atoms with Gasteiger partial charge in [-0.25, -0.2) is 4.98 Å². The van der Waals surface area contributed by atoms with Gasteiger partial charge in [-0.05, 0) is 6.07 Å². The lowest BCUT2D eigenvalue weighted by Gasteiger charge is -2.07. The van der Waals surface area contributed by atoms with Crippen LogP contribution in [-0.4, -0.2) is 23.7 Å². The zero-order valence-corrected chi connectivity index (χ0v) is 13.0. The molecule has 20 heavy (non-hydrogen) atoms. The summed E-state index contributed by atoms with van der Waals surface area (Å²) in [6, 6.07) is 1.67. The third kappa shape index (κ3) is 2.09. The molecule has 1 aliphatic rings. The maximum atomic E-state index is 12.1. The van der Waals surface area contributed by atoms with E-state index >= 15 is 0 Å². The van der Waals surface area contributed by atoms with E-state index in [4.69, 9.17) is 27.9 Å². The first-order valence-corrected chi connectivity index (χ1v) is 7.71. The number of thiazole rings is 1. The van der Waals surface area contributed by atoms with Gasteiger partial charge in [-0.1, -0.05) is 23.2 Å². The summed E-state index contributed by atoms with van der Waals surface area (Å²) in [4.78, 5) is 28.5. The van der Waals surface area contributed by atoms with Crippen molar-refractivity contribution in [3.8, 4) is 10.6 Å². The highest BCUT2D eigenvalue weighted by molar-refractivity contribution is 7.22. The molecule has 0 N–H and O–H groups in total. The number of carbonyl (C=O) groups excluding carboxylic acids is 2. The van der Waals surface area contributed by atoms with E-state index in [-0.39, 0.29) is 17.2 Å². The van der Waals surface area contributed by atoms with Crippen LogP contribution in [0.3, 0.4) is 0 Å². The summed E-state index contributed by atoms with van der Waals surface area (Å²) in [7, 11) is 1.34. The fraction of sp³-hybridized carbons (Fsp3) is 0.0833. The first-order valence-electron chi connectivity index (χ1n) is 5.32. The molecule has 8 heteroatoms. The number of thiophene rings is 1. The topological polar surface area (TPSA) is 56.3 Å². The summed E-state index contributed by atoms with van der Waals surface area (Å²) in [6.45, 7) is 0. The fourth-order valence-electron chi connectivity index (χ4n) is 1.76. The van der Waals surface area contributed by atoms with Gasteiger partial charge in [-0.15, -0.1) is 22.7 Å². The van der Waals surface area contributed by atoms with Crippen LogP contribution >= 0.6 is 45.9 Å². The van der Waals surface area contributed by atoms with Crippen LogP contribution in [0.2, 0.25) is 8.67 Å². The summed E-state index contributed by atoms with van der Waals surface area (Å²) >= 11 is 14.3. The highest BCUT2D eigenvalue weighted by Crippen LogP contribution is 2.41. The van der Waals surface area contributed by atoms with Crippen molar-refractivity contribution in [3.63, 3.8) is 0 Å². The van der Waals surface area contributed by atoms with Crippen molar-refractivity contribution in [3.05, 3.63) is 37.1 Å². The second-order valence-electron chi connectivity index (χ2n) is 3.84. The molecule has 102 valence electrons. The Labute approximate surface area is 131 Å². The Hall–Kier alpha value is -1.21. The summed E-state index contributed by atoms with van der Waals surface area (Å²) in [5.74, 6) is -0.700. The van der Waals surface area contributed by atoms with Crippen LogP contribution in [0.15, 0.2) is 17.9 Å². The number of allylic oxidation sites excluding steroid dienone is 2. The lowest BCUT2D eigenvalue weighted by molar-refractivity contribution is 0.0914. The second kappa shape index (κ2) is 4.96. The molecule has 0 aliphatic heterocycles. The smallest absolute Gasteiger partial charge is 0.247 e. The molecule has 3 rings (SSSR count). The molecule has 0 aromatic carbocycles. The van der Waals surface area contributed by atoms with Gasteiger partial charge in [0, 0.05) is 11.6 Å². The number of carbonyl (C=O) groups is 2. The molecular formula is C12H5Cl2NO3S2. The first kappa shape index (κ1) is 13.8. The molecule has 0 unspecified atom stereocenters. The molecule has 2 aromatic rings. The fourth-order valence-corrected chi connectivity index (χ4v) is 4.34. The van der Waals surface area contributed by atoms with Gasteiger partial charge in [0.25, 0.3) is 0 Å². The Bertz CT molecular complexity index is 776. The Morgan fingerprint density at radius 2 is 2.00 bits per heavy atom. The van der Waals surface area contributed by atoms with E-state index in [0.29, 0.717) is 24.1 Å². The Kier molecular flexibility index (Phi) is 3.41. The normalized spacial score (nSPS) is 14.2. The summed E-state index contributed by atoms with van der Waals surface area (Å²) in [5.41, 5.74) is 0.730. The number of Topliss-reactive ketones (excluding diaryl/α,β-unsaturated/α-hetero) is 1. The van der Waals surface area contributed by atoms with E-state index in [1.165, 1.54) is 24.5 Å². The van der Waals surface area contributed by atoms with Crippen molar-refractivity contribution in [2.24, 2.45) is 0 Å². The summed E-state index contributed by atoms with van der Waals surface area (Å²) < 4.78 is 5.88. The molecule has 0 saturated heterocycles. The van der Waals surface area contributed by atoms with Crippen LogP contribution < -0.4 is 0 Å². The van der Waals surface area contributed by atoms with Gasteiger partial charge in [0.1, 0.15) is 19.9 Å². The van der Waals surface area contributed by atoms with E-state index in [9.17, 15) is 9.59 Å². The van der Waals surface area contributed by atoms with Crippen LogP contribution in [0.5, 0.6) is 0 Å². The average Bonchev–Trinajstić information content (AvgIpc) is 2.97. The van der Waals surface area contributed by atoms with Crippen LogP contribution in [0.1, 0.15) is 20.2 Å². The lowest BCUT2D eigenvalue weighted by atomic mass is 10.1. The second-order valence-corrected chi connectivity index (χ2v) is 7.13. The number of fused-ring (bicyclic) bond motifs is 1. The maximum absolute atomic E-state index is 12.1. The number of ketones is 2. The van der Waals surface area contributed by atoms with E-state index in [1.807, 2.05) is 0 Å². The molecule has 0 bridgehead atoms. The monoisotopic (exact) mass is 345 g/mol. The van der Waals surface area contributed by atoms with Gasteiger partial charge < -0.3 is 4.74 Å². The molecular weight excluding hydrogens is 341 g/mol. The molecule has 0 saturated carbocycles. The van der Waals surface area contributed by atoms with Gasteiger partial charge in [0.2, 0.25) is 11.6 Å². The third-order valence-electron chi connectivity index (χ3n) is 2.66. The molecule has 0 fully saturated rings. The Morgan fingerprint density at radius 3 is 2.60 bits per heavy atom. The van der Waals surface area contributed by atoms with Crippen LogP contribution in [0.4, 0.5) is 0 Å². The standard InChI is InChI=1S/C12H5Cl2NO3S2/c1-18-6-3-5(16)10-8(9(6)17)15-12(20-10)4-2-7(13)19-11(4)14/h2-3H,1H3. The van der Waals surface area contributed by atoms with Crippen molar-refractivity contribution in [1.82, 2.24) is 4.98 Å². The number of nitrogens with zero attached hydrogens (tertiary/aromatic N) is 1. The minimum absolute atomic E-state index is 0.00574. The van der Waals surface area contributed by atoms with Crippen LogP contribution in [0.25, 0.3) is 10.6 Å². The number of halogens is 2. The predicted octanol–water partition coefficient (Wildman–Crippen LogP) is 4.09. The van der Waals surface area contributed by atoms with E-state index in [1.54, 1.807) is 6.07 Å². The molecule has 2 aromatic heterocycles. The Morgan fingerprint density at radius 1 is 1.25 bits per heavy atom. The number of hydrogen-bond acceptors (Lipinski definition) is 6. The van der Waals surface area contributed by atoms with Crippen molar-refractivity contribution in [1.29, 1.82) is 0 Å².